The first kappa shape index (κ1) is 24.3. The van der Waals surface area contributed by atoms with E-state index in [4.69, 9.17) is 9.47 Å². The molecule has 1 aliphatic rings. The Morgan fingerprint density at radius 1 is 1.12 bits per heavy atom. The van der Waals surface area contributed by atoms with Gasteiger partial charge in [0, 0.05) is 31.6 Å². The van der Waals surface area contributed by atoms with Gasteiger partial charge in [-0.25, -0.2) is 4.79 Å². The molecule has 1 saturated heterocycles. The van der Waals surface area contributed by atoms with Crippen molar-refractivity contribution in [1.29, 1.82) is 0 Å². The maximum Gasteiger partial charge on any atom is 0.418 e. The Morgan fingerprint density at radius 3 is 2.67 bits per heavy atom. The Morgan fingerprint density at radius 2 is 1.91 bits per heavy atom. The van der Waals surface area contributed by atoms with E-state index in [1.807, 2.05) is 18.2 Å². The molecule has 1 aromatic carbocycles. The lowest BCUT2D eigenvalue weighted by Gasteiger charge is -2.22. The highest BCUT2D eigenvalue weighted by Crippen LogP contribution is 2.22. The van der Waals surface area contributed by atoms with Crippen LogP contribution in [0.15, 0.2) is 30.5 Å². The summed E-state index contributed by atoms with van der Waals surface area (Å²) >= 11 is 0. The minimum absolute atomic E-state index is 0.0673. The monoisotopic (exact) mass is 457 g/mol. The van der Waals surface area contributed by atoms with Gasteiger partial charge in [-0.3, -0.25) is 19.0 Å². The van der Waals surface area contributed by atoms with Crippen molar-refractivity contribution < 1.29 is 28.7 Å². The number of benzene rings is 1. The first-order valence-corrected chi connectivity index (χ1v) is 11.3. The van der Waals surface area contributed by atoms with Crippen LogP contribution in [-0.4, -0.2) is 66.2 Å². The summed E-state index contributed by atoms with van der Waals surface area (Å²) in [4.78, 5) is 49.7. The van der Waals surface area contributed by atoms with Crippen LogP contribution in [0.25, 0.3) is 10.9 Å². The molecule has 2 aromatic rings. The van der Waals surface area contributed by atoms with Crippen molar-refractivity contribution in [2.45, 2.75) is 51.5 Å². The van der Waals surface area contributed by atoms with Crippen LogP contribution in [0.2, 0.25) is 0 Å². The van der Waals surface area contributed by atoms with E-state index < -0.39 is 6.09 Å². The smallest absolute Gasteiger partial charge is 0.418 e. The van der Waals surface area contributed by atoms with Gasteiger partial charge >= 0.3 is 12.1 Å². The maximum atomic E-state index is 12.6. The van der Waals surface area contributed by atoms with Crippen LogP contribution in [0.1, 0.15) is 44.6 Å². The van der Waals surface area contributed by atoms with Crippen molar-refractivity contribution in [2.75, 3.05) is 26.8 Å². The number of carbonyl (C=O) groups is 4. The number of rotatable bonds is 9. The van der Waals surface area contributed by atoms with Crippen LogP contribution < -0.4 is 5.32 Å². The second kappa shape index (κ2) is 11.5. The van der Waals surface area contributed by atoms with Crippen LogP contribution in [0.3, 0.4) is 0 Å². The molecule has 2 amide bonds. The van der Waals surface area contributed by atoms with Gasteiger partial charge in [0.05, 0.1) is 25.7 Å². The standard InChI is InChI=1S/C24H31N3O6/c1-17(28)26-13-8-11-21(26)23(30)25-12-6-3-7-14-33-24(31)27-16-18(15-22(29)32-2)19-9-4-5-10-20(19)27/h4-5,9-10,16,21H,3,6-8,11-15H2,1-2H3,(H,25,30). The van der Waals surface area contributed by atoms with Crippen LogP contribution in [0, 0.1) is 0 Å². The van der Waals surface area contributed by atoms with E-state index >= 15 is 0 Å². The molecule has 9 nitrogen and oxygen atoms in total. The van der Waals surface area contributed by atoms with Gasteiger partial charge in [-0.15, -0.1) is 0 Å². The molecule has 0 aliphatic carbocycles. The molecule has 0 saturated carbocycles. The summed E-state index contributed by atoms with van der Waals surface area (Å²) in [6.07, 6.45) is 4.96. The van der Waals surface area contributed by atoms with E-state index in [0.717, 1.165) is 24.6 Å². The van der Waals surface area contributed by atoms with Gasteiger partial charge in [-0.1, -0.05) is 18.2 Å². The fourth-order valence-corrected chi connectivity index (χ4v) is 4.15. The molecule has 1 atom stereocenters. The zero-order chi connectivity index (χ0) is 23.8. The Hall–Kier alpha value is -3.36. The number of aromatic nitrogens is 1. The lowest BCUT2D eigenvalue weighted by Crippen LogP contribution is -2.45. The predicted molar refractivity (Wildman–Crippen MR) is 122 cm³/mol. The van der Waals surface area contributed by atoms with Crippen molar-refractivity contribution in [3.8, 4) is 0 Å². The molecule has 1 unspecified atom stereocenters. The van der Waals surface area contributed by atoms with Gasteiger partial charge in [0.2, 0.25) is 11.8 Å². The summed E-state index contributed by atoms with van der Waals surface area (Å²) in [5.41, 5.74) is 1.38. The number of esters is 1. The van der Waals surface area contributed by atoms with Crippen molar-refractivity contribution >= 4 is 34.8 Å². The summed E-state index contributed by atoms with van der Waals surface area (Å²) in [6, 6.07) is 6.97. The average molecular weight is 458 g/mol. The minimum atomic E-state index is -0.499. The molecule has 1 aliphatic heterocycles. The summed E-state index contributed by atoms with van der Waals surface area (Å²) in [6.45, 7) is 2.91. The number of carbonyl (C=O) groups excluding carboxylic acids is 4. The molecule has 3 rings (SSSR count). The van der Waals surface area contributed by atoms with E-state index in [-0.39, 0.29) is 36.9 Å². The van der Waals surface area contributed by atoms with Crippen molar-refractivity contribution in [2.24, 2.45) is 0 Å². The van der Waals surface area contributed by atoms with Crippen molar-refractivity contribution in [3.63, 3.8) is 0 Å². The molecule has 9 heteroatoms. The highest BCUT2D eigenvalue weighted by atomic mass is 16.5. The third-order valence-corrected chi connectivity index (χ3v) is 5.86. The normalized spacial score (nSPS) is 15.5. The third-order valence-electron chi connectivity index (χ3n) is 5.86. The predicted octanol–water partition coefficient (Wildman–Crippen LogP) is 2.64. The molecule has 1 aromatic heterocycles. The summed E-state index contributed by atoms with van der Waals surface area (Å²) in [7, 11) is 1.33. The van der Waals surface area contributed by atoms with Crippen LogP contribution in [0.4, 0.5) is 4.79 Å². The largest absolute Gasteiger partial charge is 0.469 e. The van der Waals surface area contributed by atoms with Gasteiger partial charge in [0.1, 0.15) is 6.04 Å². The summed E-state index contributed by atoms with van der Waals surface area (Å²) in [5.74, 6) is -0.543. The Bertz CT molecular complexity index is 1010. The molecule has 0 spiro atoms. The zero-order valence-corrected chi connectivity index (χ0v) is 19.2. The van der Waals surface area contributed by atoms with Gasteiger partial charge in [0.25, 0.3) is 0 Å². The number of unbranched alkanes of at least 4 members (excludes halogenated alkanes) is 2. The molecule has 1 fully saturated rings. The SMILES string of the molecule is COC(=O)Cc1cn(C(=O)OCCCCCNC(=O)C2CCCN2C(C)=O)c2ccccc12. The summed E-state index contributed by atoms with van der Waals surface area (Å²) < 4.78 is 11.6. The molecule has 2 heterocycles. The van der Waals surface area contributed by atoms with E-state index in [1.54, 1.807) is 17.2 Å². The fraction of sp³-hybridized carbons (Fsp3) is 0.500. The molecule has 33 heavy (non-hydrogen) atoms. The highest BCUT2D eigenvalue weighted by molar-refractivity contribution is 5.94. The Balaban J connectivity index is 1.40. The van der Waals surface area contributed by atoms with Crippen LogP contribution in [-0.2, 0) is 30.3 Å². The Labute approximate surface area is 193 Å². The third kappa shape index (κ3) is 6.12. The zero-order valence-electron chi connectivity index (χ0n) is 19.2. The van der Waals surface area contributed by atoms with Crippen molar-refractivity contribution in [3.05, 3.63) is 36.0 Å². The number of nitrogens with zero attached hydrogens (tertiary/aromatic N) is 2. The Kier molecular flexibility index (Phi) is 8.46. The molecular weight excluding hydrogens is 426 g/mol. The molecular formula is C24H31N3O6. The molecule has 1 N–H and O–H groups in total. The van der Waals surface area contributed by atoms with Crippen LogP contribution >= 0.6 is 0 Å². The maximum absolute atomic E-state index is 12.6. The first-order valence-electron chi connectivity index (χ1n) is 11.3. The molecule has 178 valence electrons. The topological polar surface area (TPSA) is 107 Å². The average Bonchev–Trinajstić information content (AvgIpc) is 3.44. The van der Waals surface area contributed by atoms with E-state index in [1.165, 1.54) is 18.6 Å². The van der Waals surface area contributed by atoms with Crippen molar-refractivity contribution in [1.82, 2.24) is 14.8 Å². The lowest BCUT2D eigenvalue weighted by atomic mass is 10.1. The first-order chi connectivity index (χ1) is 15.9. The number of hydrogen-bond acceptors (Lipinski definition) is 6. The minimum Gasteiger partial charge on any atom is -0.469 e. The number of ether oxygens (including phenoxy) is 2. The number of para-hydroxylation sites is 1. The van der Waals surface area contributed by atoms with Gasteiger partial charge in [-0.05, 0) is 43.7 Å². The number of fused-ring (bicyclic) bond motifs is 1. The van der Waals surface area contributed by atoms with Gasteiger partial charge in [0.15, 0.2) is 0 Å². The van der Waals surface area contributed by atoms with E-state index in [2.05, 4.69) is 5.32 Å². The van der Waals surface area contributed by atoms with Gasteiger partial charge in [-0.2, -0.15) is 0 Å². The number of nitrogens with one attached hydrogen (secondary N) is 1. The lowest BCUT2D eigenvalue weighted by molar-refractivity contribution is -0.139. The molecule has 0 bridgehead atoms. The number of methoxy groups -OCH3 is 1. The second-order valence-corrected chi connectivity index (χ2v) is 8.13. The molecule has 0 radical (unpaired) electrons. The number of hydrogen-bond donors (Lipinski definition) is 1. The van der Waals surface area contributed by atoms with Crippen LogP contribution in [0.5, 0.6) is 0 Å². The second-order valence-electron chi connectivity index (χ2n) is 8.13. The highest BCUT2D eigenvalue weighted by Gasteiger charge is 2.31. The van der Waals surface area contributed by atoms with Gasteiger partial charge < -0.3 is 19.7 Å². The fourth-order valence-electron chi connectivity index (χ4n) is 4.15. The number of amides is 2. The number of likely N-dealkylation sites (tertiary alicyclic amines) is 1. The summed E-state index contributed by atoms with van der Waals surface area (Å²) in [5, 5.41) is 3.70. The van der Waals surface area contributed by atoms with E-state index in [9.17, 15) is 19.2 Å². The quantitative estimate of drug-likeness (QED) is 0.458. The van der Waals surface area contributed by atoms with E-state index in [0.29, 0.717) is 37.0 Å².